The Bertz CT molecular complexity index is 410. The van der Waals surface area contributed by atoms with E-state index in [2.05, 4.69) is 5.32 Å². The third-order valence-corrected chi connectivity index (χ3v) is 4.69. The van der Waals surface area contributed by atoms with Crippen LogP contribution in [0.15, 0.2) is 0 Å². The van der Waals surface area contributed by atoms with Gasteiger partial charge in [0.1, 0.15) is 6.54 Å². The van der Waals surface area contributed by atoms with Gasteiger partial charge in [-0.3, -0.25) is 14.4 Å². The molecule has 1 N–H and O–H groups in total. The van der Waals surface area contributed by atoms with E-state index in [-0.39, 0.29) is 23.7 Å². The van der Waals surface area contributed by atoms with Gasteiger partial charge in [-0.15, -0.1) is 0 Å². The summed E-state index contributed by atoms with van der Waals surface area (Å²) in [5.74, 6) is -0.0846. The third-order valence-electron chi connectivity index (χ3n) is 3.79. The van der Waals surface area contributed by atoms with Gasteiger partial charge in [0.25, 0.3) is 11.1 Å². The summed E-state index contributed by atoms with van der Waals surface area (Å²) in [6.45, 7) is 2.05. The van der Waals surface area contributed by atoms with Crippen molar-refractivity contribution in [2.75, 3.05) is 18.8 Å². The highest BCUT2D eigenvalue weighted by Crippen LogP contribution is 2.18. The first-order chi connectivity index (χ1) is 10.1. The summed E-state index contributed by atoms with van der Waals surface area (Å²) in [5.41, 5.74) is 0. The third kappa shape index (κ3) is 4.91. The Hall–Kier alpha value is -1.24. The molecular weight excluding hydrogens is 292 g/mol. The molecule has 0 aromatic carbocycles. The molecule has 0 aromatic rings. The van der Waals surface area contributed by atoms with Crippen molar-refractivity contribution in [3.05, 3.63) is 0 Å². The predicted molar refractivity (Wildman–Crippen MR) is 80.0 cm³/mol. The fourth-order valence-electron chi connectivity index (χ4n) is 2.58. The van der Waals surface area contributed by atoms with Gasteiger partial charge in [0, 0.05) is 18.3 Å². The van der Waals surface area contributed by atoms with E-state index in [1.54, 1.807) is 6.92 Å². The summed E-state index contributed by atoms with van der Waals surface area (Å²) >= 11 is 1.20. The van der Waals surface area contributed by atoms with Crippen molar-refractivity contribution in [2.24, 2.45) is 0 Å². The monoisotopic (exact) mass is 314 g/mol. The summed E-state index contributed by atoms with van der Waals surface area (Å²) in [6.07, 6.45) is 4.66. The average molecular weight is 314 g/mol. The highest BCUT2D eigenvalue weighted by atomic mass is 32.2. The molecule has 2 rings (SSSR count). The molecule has 0 radical (unpaired) electrons. The Labute approximate surface area is 129 Å². The molecule has 21 heavy (non-hydrogen) atoms. The smallest absolute Gasteiger partial charge is 0.326 e. The van der Waals surface area contributed by atoms with Gasteiger partial charge in [-0.2, -0.15) is 0 Å². The van der Waals surface area contributed by atoms with Crippen molar-refractivity contribution in [1.29, 1.82) is 0 Å². The second-order valence-electron chi connectivity index (χ2n) is 5.51. The van der Waals surface area contributed by atoms with E-state index in [0.717, 1.165) is 25.7 Å². The zero-order valence-corrected chi connectivity index (χ0v) is 13.1. The van der Waals surface area contributed by atoms with Crippen LogP contribution in [0.1, 0.15) is 39.0 Å². The first-order valence-electron chi connectivity index (χ1n) is 7.48. The highest BCUT2D eigenvalue weighted by Gasteiger charge is 2.26. The number of hydrogen-bond acceptors (Lipinski definition) is 5. The summed E-state index contributed by atoms with van der Waals surface area (Å²) in [7, 11) is 0. The van der Waals surface area contributed by atoms with Gasteiger partial charge in [0.05, 0.1) is 0 Å². The Morgan fingerprint density at radius 1 is 1.38 bits per heavy atom. The van der Waals surface area contributed by atoms with Crippen LogP contribution in [-0.2, 0) is 14.3 Å². The van der Waals surface area contributed by atoms with Gasteiger partial charge in [-0.1, -0.05) is 31.0 Å². The van der Waals surface area contributed by atoms with Crippen LogP contribution in [0.4, 0.5) is 4.79 Å². The number of nitrogens with one attached hydrogen (secondary N) is 1. The Morgan fingerprint density at radius 3 is 2.71 bits per heavy atom. The van der Waals surface area contributed by atoms with E-state index in [9.17, 15) is 14.4 Å². The fraction of sp³-hybridized carbons (Fsp3) is 0.786. The van der Waals surface area contributed by atoms with Crippen molar-refractivity contribution in [3.8, 4) is 0 Å². The van der Waals surface area contributed by atoms with Gasteiger partial charge in [0.2, 0.25) is 0 Å². The van der Waals surface area contributed by atoms with Crippen LogP contribution in [0.3, 0.4) is 0 Å². The molecule has 0 aromatic heterocycles. The van der Waals surface area contributed by atoms with Crippen LogP contribution in [0.25, 0.3) is 0 Å². The van der Waals surface area contributed by atoms with Gasteiger partial charge in [0.15, 0.2) is 6.10 Å². The van der Waals surface area contributed by atoms with Crippen molar-refractivity contribution in [2.45, 2.75) is 51.2 Å². The van der Waals surface area contributed by atoms with E-state index in [4.69, 9.17) is 4.74 Å². The SMILES string of the molecule is C[C@@H](OC(=O)CN1CCSC1=O)C(=O)NC1CCCCC1. The lowest BCUT2D eigenvalue weighted by Crippen LogP contribution is -2.43. The van der Waals surface area contributed by atoms with E-state index < -0.39 is 12.1 Å². The van der Waals surface area contributed by atoms with E-state index in [1.165, 1.54) is 23.1 Å². The minimum atomic E-state index is -0.815. The molecule has 6 nitrogen and oxygen atoms in total. The van der Waals surface area contributed by atoms with Crippen LogP contribution >= 0.6 is 11.8 Å². The zero-order chi connectivity index (χ0) is 15.2. The van der Waals surface area contributed by atoms with E-state index in [0.29, 0.717) is 12.3 Å². The molecule has 1 heterocycles. The maximum Gasteiger partial charge on any atom is 0.326 e. The molecule has 0 unspecified atom stereocenters. The number of thioether (sulfide) groups is 1. The number of esters is 1. The quantitative estimate of drug-likeness (QED) is 0.779. The number of amides is 2. The Balaban J connectivity index is 1.71. The largest absolute Gasteiger partial charge is 0.451 e. The molecule has 1 aliphatic carbocycles. The highest BCUT2D eigenvalue weighted by molar-refractivity contribution is 8.13. The van der Waals surface area contributed by atoms with Crippen LogP contribution in [0, 0.1) is 0 Å². The molecule has 1 aliphatic heterocycles. The Kier molecular flexibility index (Phi) is 5.90. The minimum Gasteiger partial charge on any atom is -0.451 e. The topological polar surface area (TPSA) is 75.7 Å². The molecule has 7 heteroatoms. The first-order valence-corrected chi connectivity index (χ1v) is 8.46. The second-order valence-corrected chi connectivity index (χ2v) is 6.56. The van der Waals surface area contributed by atoms with E-state index >= 15 is 0 Å². The number of hydrogen-bond donors (Lipinski definition) is 1. The van der Waals surface area contributed by atoms with Gasteiger partial charge >= 0.3 is 5.97 Å². The van der Waals surface area contributed by atoms with Crippen molar-refractivity contribution < 1.29 is 19.1 Å². The molecule has 2 fully saturated rings. The average Bonchev–Trinajstić information content (AvgIpc) is 2.85. The van der Waals surface area contributed by atoms with Gasteiger partial charge in [-0.05, 0) is 19.8 Å². The van der Waals surface area contributed by atoms with Crippen LogP contribution in [0.5, 0.6) is 0 Å². The maximum atomic E-state index is 12.0. The van der Waals surface area contributed by atoms with Gasteiger partial charge < -0.3 is 15.0 Å². The number of carbonyl (C=O) groups excluding carboxylic acids is 3. The lowest BCUT2D eigenvalue weighted by molar-refractivity contribution is -0.155. The first kappa shape index (κ1) is 16.1. The normalized spacial score (nSPS) is 21.2. The van der Waals surface area contributed by atoms with Gasteiger partial charge in [-0.25, -0.2) is 0 Å². The van der Waals surface area contributed by atoms with Crippen molar-refractivity contribution >= 4 is 28.9 Å². The summed E-state index contributed by atoms with van der Waals surface area (Å²) in [4.78, 5) is 36.6. The van der Waals surface area contributed by atoms with Crippen molar-refractivity contribution in [3.63, 3.8) is 0 Å². The summed E-state index contributed by atoms with van der Waals surface area (Å²) in [5, 5.41) is 2.82. The molecule has 0 spiro atoms. The number of rotatable bonds is 5. The maximum absolute atomic E-state index is 12.0. The number of carbonyl (C=O) groups is 3. The molecule has 118 valence electrons. The minimum absolute atomic E-state index is 0.0765. The fourth-order valence-corrected chi connectivity index (χ4v) is 3.40. The number of nitrogens with zero attached hydrogens (tertiary/aromatic N) is 1. The molecule has 1 saturated heterocycles. The van der Waals surface area contributed by atoms with Crippen LogP contribution in [-0.4, -0.2) is 53.0 Å². The predicted octanol–water partition coefficient (Wildman–Crippen LogP) is 1.54. The van der Waals surface area contributed by atoms with Crippen LogP contribution < -0.4 is 5.32 Å². The zero-order valence-electron chi connectivity index (χ0n) is 12.3. The molecule has 2 amide bonds. The molecule has 1 saturated carbocycles. The molecular formula is C14H22N2O4S. The summed E-state index contributed by atoms with van der Waals surface area (Å²) < 4.78 is 5.11. The molecule has 1 atom stereocenters. The standard InChI is InChI=1S/C14H22N2O4S/c1-10(13(18)15-11-5-3-2-4-6-11)20-12(17)9-16-7-8-21-14(16)19/h10-11H,2-9H2,1H3,(H,15,18)/t10-/m1/s1. The summed E-state index contributed by atoms with van der Waals surface area (Å²) in [6, 6.07) is 0.198. The van der Waals surface area contributed by atoms with Crippen molar-refractivity contribution in [1.82, 2.24) is 10.2 Å². The Morgan fingerprint density at radius 2 is 2.10 bits per heavy atom. The lowest BCUT2D eigenvalue weighted by atomic mass is 9.95. The van der Waals surface area contributed by atoms with E-state index in [1.807, 2.05) is 0 Å². The lowest BCUT2D eigenvalue weighted by Gasteiger charge is -2.24. The second kappa shape index (κ2) is 7.68. The number of ether oxygens (including phenoxy) is 1. The van der Waals surface area contributed by atoms with Crippen LogP contribution in [0.2, 0.25) is 0 Å². The molecule has 0 bridgehead atoms. The molecule has 2 aliphatic rings.